The van der Waals surface area contributed by atoms with E-state index in [1.54, 1.807) is 6.07 Å². The molecule has 6 nitrogen and oxygen atoms in total. The van der Waals surface area contributed by atoms with Gasteiger partial charge in [-0.05, 0) is 24.1 Å². The van der Waals surface area contributed by atoms with Crippen LogP contribution in [-0.2, 0) is 11.2 Å². The zero-order valence-corrected chi connectivity index (χ0v) is 15.1. The van der Waals surface area contributed by atoms with Crippen molar-refractivity contribution in [2.45, 2.75) is 12.8 Å². The average molecular weight is 370 g/mol. The Kier molecular flexibility index (Phi) is 4.75. The van der Waals surface area contributed by atoms with Crippen LogP contribution < -0.4 is 4.90 Å². The van der Waals surface area contributed by atoms with Gasteiger partial charge in [-0.25, -0.2) is 0 Å². The predicted molar refractivity (Wildman–Crippen MR) is 102 cm³/mol. The largest absolute Gasteiger partial charge is 0.339 e. The number of anilines is 1. The lowest BCUT2D eigenvalue weighted by atomic mass is 10.1. The Morgan fingerprint density at radius 3 is 2.54 bits per heavy atom. The molecule has 0 unspecified atom stereocenters. The molecule has 1 aliphatic heterocycles. The summed E-state index contributed by atoms with van der Waals surface area (Å²) < 4.78 is 1.90. The molecule has 0 aliphatic carbocycles. The molecule has 1 amide bonds. The summed E-state index contributed by atoms with van der Waals surface area (Å²) in [5.74, 6) is 0.988. The standard InChI is InChI=1S/C19H20ClN5O/c20-16-7-8-17-21-22-19(25(17)14-16)24-12-10-23(11-13-24)18(26)9-6-15-4-2-1-3-5-15/h1-5,7-8,14H,6,9-13H2. The number of aryl methyl sites for hydroxylation is 1. The fourth-order valence-electron chi connectivity index (χ4n) is 3.28. The molecule has 1 fully saturated rings. The number of hydrogen-bond acceptors (Lipinski definition) is 4. The molecule has 1 aromatic carbocycles. The smallest absolute Gasteiger partial charge is 0.231 e. The highest BCUT2D eigenvalue weighted by atomic mass is 35.5. The van der Waals surface area contributed by atoms with E-state index in [0.29, 0.717) is 24.5 Å². The summed E-state index contributed by atoms with van der Waals surface area (Å²) in [6.45, 7) is 2.88. The van der Waals surface area contributed by atoms with Gasteiger partial charge in [0.15, 0.2) is 5.65 Å². The molecule has 0 N–H and O–H groups in total. The molecule has 3 heterocycles. The van der Waals surface area contributed by atoms with Gasteiger partial charge in [-0.2, -0.15) is 0 Å². The first-order chi connectivity index (χ1) is 12.7. The monoisotopic (exact) mass is 369 g/mol. The number of aromatic nitrogens is 3. The lowest BCUT2D eigenvalue weighted by Gasteiger charge is -2.34. The molecule has 0 saturated carbocycles. The van der Waals surface area contributed by atoms with Crippen LogP contribution in [-0.4, -0.2) is 51.6 Å². The van der Waals surface area contributed by atoms with Crippen molar-refractivity contribution in [3.63, 3.8) is 0 Å². The molecule has 1 aliphatic rings. The Morgan fingerprint density at radius 2 is 1.77 bits per heavy atom. The molecule has 134 valence electrons. The second-order valence-corrected chi connectivity index (χ2v) is 6.87. The van der Waals surface area contributed by atoms with Crippen LogP contribution in [0, 0.1) is 0 Å². The summed E-state index contributed by atoms with van der Waals surface area (Å²) in [5.41, 5.74) is 1.97. The molecule has 7 heteroatoms. The van der Waals surface area contributed by atoms with Crippen molar-refractivity contribution in [2.75, 3.05) is 31.1 Å². The van der Waals surface area contributed by atoms with Gasteiger partial charge in [-0.15, -0.1) is 10.2 Å². The highest BCUT2D eigenvalue weighted by Gasteiger charge is 2.23. The number of pyridine rings is 1. The van der Waals surface area contributed by atoms with Crippen molar-refractivity contribution in [3.05, 3.63) is 59.2 Å². The number of nitrogens with zero attached hydrogens (tertiary/aromatic N) is 5. The fraction of sp³-hybridized carbons (Fsp3) is 0.316. The SMILES string of the molecule is O=C(CCc1ccccc1)N1CCN(c2nnc3ccc(Cl)cn23)CC1. The van der Waals surface area contributed by atoms with Crippen LogP contribution in [0.1, 0.15) is 12.0 Å². The molecule has 0 bridgehead atoms. The summed E-state index contributed by atoms with van der Waals surface area (Å²) in [5, 5.41) is 9.11. The van der Waals surface area contributed by atoms with Gasteiger partial charge in [0, 0.05) is 38.8 Å². The number of amides is 1. The lowest BCUT2D eigenvalue weighted by molar-refractivity contribution is -0.131. The number of carbonyl (C=O) groups excluding carboxylic acids is 1. The zero-order chi connectivity index (χ0) is 17.9. The van der Waals surface area contributed by atoms with Crippen LogP contribution in [0.4, 0.5) is 5.95 Å². The Bertz CT molecular complexity index is 903. The summed E-state index contributed by atoms with van der Waals surface area (Å²) in [4.78, 5) is 16.6. The average Bonchev–Trinajstić information content (AvgIpc) is 3.10. The van der Waals surface area contributed by atoms with Crippen LogP contribution in [0.3, 0.4) is 0 Å². The molecule has 0 spiro atoms. The van der Waals surface area contributed by atoms with Crippen molar-refractivity contribution < 1.29 is 4.79 Å². The van der Waals surface area contributed by atoms with Gasteiger partial charge in [-0.1, -0.05) is 41.9 Å². The van der Waals surface area contributed by atoms with E-state index in [-0.39, 0.29) is 5.91 Å². The predicted octanol–water partition coefficient (Wildman–Crippen LogP) is 2.66. The molecule has 2 aromatic heterocycles. The molecule has 1 saturated heterocycles. The van der Waals surface area contributed by atoms with Crippen LogP contribution in [0.25, 0.3) is 5.65 Å². The van der Waals surface area contributed by atoms with Crippen molar-refractivity contribution in [3.8, 4) is 0 Å². The fourth-order valence-corrected chi connectivity index (χ4v) is 3.44. The van der Waals surface area contributed by atoms with Gasteiger partial charge in [0.05, 0.1) is 5.02 Å². The van der Waals surface area contributed by atoms with Crippen molar-refractivity contribution in [1.29, 1.82) is 0 Å². The Labute approximate surface area is 157 Å². The van der Waals surface area contributed by atoms with E-state index in [1.807, 2.05) is 39.8 Å². The van der Waals surface area contributed by atoms with Crippen LogP contribution >= 0.6 is 11.6 Å². The van der Waals surface area contributed by atoms with Gasteiger partial charge in [0.1, 0.15) is 0 Å². The van der Waals surface area contributed by atoms with E-state index in [4.69, 9.17) is 11.6 Å². The van der Waals surface area contributed by atoms with Gasteiger partial charge < -0.3 is 9.80 Å². The topological polar surface area (TPSA) is 53.7 Å². The van der Waals surface area contributed by atoms with Crippen molar-refractivity contribution in [2.24, 2.45) is 0 Å². The minimum absolute atomic E-state index is 0.211. The van der Waals surface area contributed by atoms with Crippen LogP contribution in [0.2, 0.25) is 5.02 Å². The Balaban J connectivity index is 1.36. The van der Waals surface area contributed by atoms with E-state index in [0.717, 1.165) is 31.1 Å². The summed E-state index contributed by atoms with van der Waals surface area (Å²) >= 11 is 6.09. The summed E-state index contributed by atoms with van der Waals surface area (Å²) in [6, 6.07) is 13.8. The minimum Gasteiger partial charge on any atom is -0.339 e. The highest BCUT2D eigenvalue weighted by Crippen LogP contribution is 2.19. The highest BCUT2D eigenvalue weighted by molar-refractivity contribution is 6.30. The maximum atomic E-state index is 12.5. The number of halogens is 1. The van der Waals surface area contributed by atoms with Crippen LogP contribution in [0.5, 0.6) is 0 Å². The molecule has 4 rings (SSSR count). The van der Waals surface area contributed by atoms with Gasteiger partial charge in [0.25, 0.3) is 0 Å². The second kappa shape index (κ2) is 7.33. The second-order valence-electron chi connectivity index (χ2n) is 6.43. The molecule has 0 radical (unpaired) electrons. The van der Waals surface area contributed by atoms with Crippen molar-refractivity contribution >= 4 is 29.1 Å². The van der Waals surface area contributed by atoms with Gasteiger partial charge >= 0.3 is 0 Å². The third-order valence-corrected chi connectivity index (χ3v) is 4.96. The quantitative estimate of drug-likeness (QED) is 0.709. The molecule has 26 heavy (non-hydrogen) atoms. The summed E-state index contributed by atoms with van der Waals surface area (Å²) in [6.07, 6.45) is 3.16. The molecular formula is C19H20ClN5O. The molecular weight excluding hydrogens is 350 g/mol. The Morgan fingerprint density at radius 1 is 1.00 bits per heavy atom. The van der Waals surface area contributed by atoms with E-state index >= 15 is 0 Å². The van der Waals surface area contributed by atoms with Crippen molar-refractivity contribution in [1.82, 2.24) is 19.5 Å². The number of carbonyl (C=O) groups is 1. The van der Waals surface area contributed by atoms with Gasteiger partial charge in [0.2, 0.25) is 11.9 Å². The first-order valence-electron chi connectivity index (χ1n) is 8.78. The number of fused-ring (bicyclic) bond motifs is 1. The lowest BCUT2D eigenvalue weighted by Crippen LogP contribution is -2.49. The third-order valence-electron chi connectivity index (χ3n) is 4.73. The number of benzene rings is 1. The number of hydrogen-bond donors (Lipinski definition) is 0. The maximum Gasteiger partial charge on any atom is 0.231 e. The third kappa shape index (κ3) is 3.51. The maximum absolute atomic E-state index is 12.5. The number of piperazine rings is 1. The van der Waals surface area contributed by atoms with E-state index in [2.05, 4.69) is 27.2 Å². The first kappa shape index (κ1) is 16.8. The minimum atomic E-state index is 0.211. The van der Waals surface area contributed by atoms with E-state index in [9.17, 15) is 4.79 Å². The Hall–Kier alpha value is -2.60. The van der Waals surface area contributed by atoms with E-state index in [1.165, 1.54) is 5.56 Å². The normalized spacial score (nSPS) is 14.8. The summed E-state index contributed by atoms with van der Waals surface area (Å²) in [7, 11) is 0. The zero-order valence-electron chi connectivity index (χ0n) is 14.4. The molecule has 3 aromatic rings. The first-order valence-corrected chi connectivity index (χ1v) is 9.15. The van der Waals surface area contributed by atoms with Crippen LogP contribution in [0.15, 0.2) is 48.7 Å². The number of rotatable bonds is 4. The van der Waals surface area contributed by atoms with Gasteiger partial charge in [-0.3, -0.25) is 9.20 Å². The van der Waals surface area contributed by atoms with E-state index < -0.39 is 0 Å². The molecule has 0 atom stereocenters.